The van der Waals surface area contributed by atoms with Gasteiger partial charge in [0.25, 0.3) is 0 Å². The average Bonchev–Trinajstić information content (AvgIpc) is 2.19. The molecule has 76 valence electrons. The molecule has 0 N–H and O–H groups in total. The number of hydrogen-bond donors (Lipinski definition) is 0. The van der Waals surface area contributed by atoms with Gasteiger partial charge in [-0.1, -0.05) is 26.0 Å². The number of thioether (sulfide) groups is 1. The minimum atomic E-state index is 0.0332. The molecule has 1 nitrogen and oxygen atoms in total. The lowest BCUT2D eigenvalue weighted by molar-refractivity contribution is -0.109. The first-order chi connectivity index (χ1) is 6.69. The van der Waals surface area contributed by atoms with Gasteiger partial charge >= 0.3 is 0 Å². The summed E-state index contributed by atoms with van der Waals surface area (Å²) < 4.78 is 0. The maximum Gasteiger partial charge on any atom is 0.127 e. The Bertz CT molecular complexity index is 290. The highest BCUT2D eigenvalue weighted by Crippen LogP contribution is 2.24. The van der Waals surface area contributed by atoms with Gasteiger partial charge in [-0.3, -0.25) is 0 Å². The van der Waals surface area contributed by atoms with E-state index in [0.29, 0.717) is 5.92 Å². The molecular formula is C12H16OS. The Balaban J connectivity index is 2.89. The molecule has 0 aromatic heterocycles. The van der Waals surface area contributed by atoms with Crippen molar-refractivity contribution in [1.29, 1.82) is 0 Å². The highest BCUT2D eigenvalue weighted by atomic mass is 32.2. The predicted molar refractivity (Wildman–Crippen MR) is 61.9 cm³/mol. The lowest BCUT2D eigenvalue weighted by atomic mass is 9.90. The Morgan fingerprint density at radius 1 is 1.21 bits per heavy atom. The van der Waals surface area contributed by atoms with E-state index in [2.05, 4.69) is 32.2 Å². The number of hydrogen-bond acceptors (Lipinski definition) is 2. The first-order valence-electron chi connectivity index (χ1n) is 4.78. The predicted octanol–water partition coefficient (Wildman–Crippen LogP) is 3.35. The normalized spacial score (nSPS) is 12.9. The maximum atomic E-state index is 10.9. The number of carbonyl (C=O) groups excluding carboxylic acids is 1. The fourth-order valence-electron chi connectivity index (χ4n) is 1.45. The lowest BCUT2D eigenvalue weighted by Gasteiger charge is -2.14. The van der Waals surface area contributed by atoms with Crippen LogP contribution in [0.15, 0.2) is 29.2 Å². The van der Waals surface area contributed by atoms with Crippen molar-refractivity contribution in [1.82, 2.24) is 0 Å². The van der Waals surface area contributed by atoms with Crippen LogP contribution in [0.2, 0.25) is 0 Å². The minimum Gasteiger partial charge on any atom is -0.303 e. The number of aldehydes is 1. The summed E-state index contributed by atoms with van der Waals surface area (Å²) in [5.41, 5.74) is 1.12. The standard InChI is InChI=1S/C12H16OS/c1-9(2)12(8-13)10-4-6-11(14-3)7-5-10/h4-9,12H,1-3H3. The fourth-order valence-corrected chi connectivity index (χ4v) is 1.85. The van der Waals surface area contributed by atoms with Crippen LogP contribution in [0.25, 0.3) is 0 Å². The molecule has 0 aliphatic heterocycles. The van der Waals surface area contributed by atoms with Crippen molar-refractivity contribution in [2.75, 3.05) is 6.26 Å². The number of carbonyl (C=O) groups is 1. The monoisotopic (exact) mass is 208 g/mol. The van der Waals surface area contributed by atoms with E-state index in [0.717, 1.165) is 11.8 Å². The van der Waals surface area contributed by atoms with Crippen LogP contribution in [0.1, 0.15) is 25.3 Å². The molecule has 0 amide bonds. The zero-order valence-electron chi connectivity index (χ0n) is 8.86. The van der Waals surface area contributed by atoms with E-state index in [1.807, 2.05) is 12.1 Å². The number of benzene rings is 1. The Morgan fingerprint density at radius 2 is 1.79 bits per heavy atom. The van der Waals surface area contributed by atoms with E-state index in [-0.39, 0.29) is 5.92 Å². The van der Waals surface area contributed by atoms with Gasteiger partial charge in [0.1, 0.15) is 6.29 Å². The van der Waals surface area contributed by atoms with E-state index in [1.165, 1.54) is 4.90 Å². The summed E-state index contributed by atoms with van der Waals surface area (Å²) >= 11 is 1.72. The molecule has 0 saturated heterocycles. The molecule has 1 aromatic rings. The highest BCUT2D eigenvalue weighted by molar-refractivity contribution is 7.98. The molecule has 0 aliphatic rings. The van der Waals surface area contributed by atoms with E-state index < -0.39 is 0 Å². The molecule has 0 radical (unpaired) electrons. The molecule has 1 unspecified atom stereocenters. The third-order valence-corrected chi connectivity index (χ3v) is 3.11. The summed E-state index contributed by atoms with van der Waals surface area (Å²) in [5.74, 6) is 0.401. The molecule has 0 saturated carbocycles. The average molecular weight is 208 g/mol. The van der Waals surface area contributed by atoms with Crippen LogP contribution in [0, 0.1) is 5.92 Å². The van der Waals surface area contributed by atoms with Gasteiger partial charge in [0.15, 0.2) is 0 Å². The summed E-state index contributed by atoms with van der Waals surface area (Å²) in [6.07, 6.45) is 3.09. The Labute approximate surface area is 89.9 Å². The molecule has 0 bridgehead atoms. The lowest BCUT2D eigenvalue weighted by Crippen LogP contribution is -2.07. The Morgan fingerprint density at radius 3 is 2.14 bits per heavy atom. The van der Waals surface area contributed by atoms with Gasteiger partial charge in [-0.15, -0.1) is 11.8 Å². The second kappa shape index (κ2) is 5.20. The molecule has 1 atom stereocenters. The van der Waals surface area contributed by atoms with Crippen molar-refractivity contribution in [3.8, 4) is 0 Å². The van der Waals surface area contributed by atoms with E-state index in [9.17, 15) is 4.79 Å². The van der Waals surface area contributed by atoms with Gasteiger partial charge in [-0.2, -0.15) is 0 Å². The van der Waals surface area contributed by atoms with Crippen LogP contribution >= 0.6 is 11.8 Å². The zero-order valence-corrected chi connectivity index (χ0v) is 9.67. The van der Waals surface area contributed by atoms with Gasteiger partial charge in [-0.25, -0.2) is 0 Å². The fraction of sp³-hybridized carbons (Fsp3) is 0.417. The van der Waals surface area contributed by atoms with E-state index >= 15 is 0 Å². The van der Waals surface area contributed by atoms with Crippen molar-refractivity contribution in [2.45, 2.75) is 24.7 Å². The Kier molecular flexibility index (Phi) is 4.21. The molecule has 0 spiro atoms. The highest BCUT2D eigenvalue weighted by Gasteiger charge is 2.13. The smallest absolute Gasteiger partial charge is 0.127 e. The first-order valence-corrected chi connectivity index (χ1v) is 6.00. The van der Waals surface area contributed by atoms with Gasteiger partial charge < -0.3 is 4.79 Å². The van der Waals surface area contributed by atoms with Crippen LogP contribution in [-0.2, 0) is 4.79 Å². The van der Waals surface area contributed by atoms with E-state index in [4.69, 9.17) is 0 Å². The van der Waals surface area contributed by atoms with Crippen LogP contribution < -0.4 is 0 Å². The second-order valence-electron chi connectivity index (χ2n) is 3.68. The van der Waals surface area contributed by atoms with Crippen molar-refractivity contribution in [3.05, 3.63) is 29.8 Å². The van der Waals surface area contributed by atoms with Crippen molar-refractivity contribution in [3.63, 3.8) is 0 Å². The van der Waals surface area contributed by atoms with Crippen molar-refractivity contribution < 1.29 is 4.79 Å². The van der Waals surface area contributed by atoms with Crippen molar-refractivity contribution >= 4 is 18.0 Å². The summed E-state index contributed by atoms with van der Waals surface area (Å²) in [4.78, 5) is 12.1. The van der Waals surface area contributed by atoms with Crippen LogP contribution in [0.3, 0.4) is 0 Å². The molecule has 2 heteroatoms. The molecule has 0 fully saturated rings. The van der Waals surface area contributed by atoms with Crippen molar-refractivity contribution in [2.24, 2.45) is 5.92 Å². The SMILES string of the molecule is CSc1ccc(C(C=O)C(C)C)cc1. The van der Waals surface area contributed by atoms with Gasteiger partial charge in [0.2, 0.25) is 0 Å². The van der Waals surface area contributed by atoms with Gasteiger partial charge in [0.05, 0.1) is 0 Å². The maximum absolute atomic E-state index is 10.9. The molecule has 1 rings (SSSR count). The summed E-state index contributed by atoms with van der Waals surface area (Å²) in [7, 11) is 0. The Hall–Kier alpha value is -0.760. The van der Waals surface area contributed by atoms with Crippen LogP contribution in [0.5, 0.6) is 0 Å². The van der Waals surface area contributed by atoms with Crippen LogP contribution in [0.4, 0.5) is 0 Å². The topological polar surface area (TPSA) is 17.1 Å². The summed E-state index contributed by atoms with van der Waals surface area (Å²) in [6.45, 7) is 4.14. The third-order valence-electron chi connectivity index (χ3n) is 2.37. The molecule has 14 heavy (non-hydrogen) atoms. The molecule has 0 heterocycles. The van der Waals surface area contributed by atoms with E-state index in [1.54, 1.807) is 11.8 Å². The third kappa shape index (κ3) is 2.61. The minimum absolute atomic E-state index is 0.0332. The molecule has 1 aromatic carbocycles. The summed E-state index contributed by atoms with van der Waals surface area (Å²) in [5, 5.41) is 0. The van der Waals surface area contributed by atoms with Crippen LogP contribution in [-0.4, -0.2) is 12.5 Å². The van der Waals surface area contributed by atoms with Gasteiger partial charge in [-0.05, 0) is 29.9 Å². The zero-order chi connectivity index (χ0) is 10.6. The quantitative estimate of drug-likeness (QED) is 0.557. The second-order valence-corrected chi connectivity index (χ2v) is 4.56. The molecule has 0 aliphatic carbocycles. The first kappa shape index (κ1) is 11.3. The molecular weight excluding hydrogens is 192 g/mol. The van der Waals surface area contributed by atoms with Gasteiger partial charge in [0, 0.05) is 10.8 Å². The number of rotatable bonds is 4. The largest absolute Gasteiger partial charge is 0.303 e. The summed E-state index contributed by atoms with van der Waals surface area (Å²) in [6, 6.07) is 8.23.